The van der Waals surface area contributed by atoms with Gasteiger partial charge in [-0.15, -0.1) is 0 Å². The van der Waals surface area contributed by atoms with Crippen LogP contribution in [0.1, 0.15) is 27.2 Å². The molecule has 1 saturated heterocycles. The summed E-state index contributed by atoms with van der Waals surface area (Å²) in [6.07, 6.45) is 2.12. The second kappa shape index (κ2) is 8.73. The molecule has 2 heterocycles. The lowest BCUT2D eigenvalue weighted by Gasteiger charge is -2.26. The molecule has 0 unspecified atom stereocenters. The van der Waals surface area contributed by atoms with Crippen molar-refractivity contribution >= 4 is 11.6 Å². The molecule has 2 N–H and O–H groups in total. The van der Waals surface area contributed by atoms with Gasteiger partial charge in [0, 0.05) is 49.6 Å². The van der Waals surface area contributed by atoms with E-state index in [1.54, 1.807) is 22.7 Å². The van der Waals surface area contributed by atoms with Crippen LogP contribution in [0.2, 0.25) is 0 Å². The second-order valence-electron chi connectivity index (χ2n) is 7.79. The van der Waals surface area contributed by atoms with E-state index in [4.69, 9.17) is 10.5 Å². The summed E-state index contributed by atoms with van der Waals surface area (Å²) in [7, 11) is 1.72. The summed E-state index contributed by atoms with van der Waals surface area (Å²) in [6.45, 7) is 4.30. The molecule has 1 aliphatic rings. The van der Waals surface area contributed by atoms with E-state index in [1.807, 2.05) is 49.4 Å². The molecule has 0 atom stereocenters. The fourth-order valence-corrected chi connectivity index (χ4v) is 3.75. The first-order chi connectivity index (χ1) is 14.9. The zero-order chi connectivity index (χ0) is 22.0. The Kier molecular flexibility index (Phi) is 5.86. The molecule has 0 spiro atoms. The molecule has 2 aromatic carbocycles. The van der Waals surface area contributed by atoms with Crippen LogP contribution in [0, 0.1) is 6.92 Å². The average Bonchev–Trinajstić information content (AvgIpc) is 2.79. The zero-order valence-corrected chi connectivity index (χ0v) is 17.8. The van der Waals surface area contributed by atoms with Gasteiger partial charge in [-0.25, -0.2) is 4.98 Å². The summed E-state index contributed by atoms with van der Waals surface area (Å²) in [4.78, 5) is 31.8. The van der Waals surface area contributed by atoms with Gasteiger partial charge >= 0.3 is 0 Å². The van der Waals surface area contributed by atoms with Gasteiger partial charge in [0.05, 0.1) is 18.9 Å². The van der Waals surface area contributed by atoms with E-state index < -0.39 is 0 Å². The predicted molar refractivity (Wildman–Crippen MR) is 120 cm³/mol. The number of aromatic nitrogens is 2. The van der Waals surface area contributed by atoms with Crippen molar-refractivity contribution in [2.75, 3.05) is 32.0 Å². The Labute approximate surface area is 181 Å². The van der Waals surface area contributed by atoms with E-state index in [0.717, 1.165) is 16.7 Å². The van der Waals surface area contributed by atoms with Crippen LogP contribution in [0.3, 0.4) is 0 Å². The van der Waals surface area contributed by atoms with Crippen molar-refractivity contribution in [1.82, 2.24) is 14.5 Å². The summed E-state index contributed by atoms with van der Waals surface area (Å²) in [5.74, 6) is 0.00280. The number of anilines is 1. The van der Waals surface area contributed by atoms with Gasteiger partial charge in [0.1, 0.15) is 5.69 Å². The van der Waals surface area contributed by atoms with E-state index >= 15 is 0 Å². The molecule has 1 fully saturated rings. The lowest BCUT2D eigenvalue weighted by atomic mass is 10.0. The highest BCUT2D eigenvalue weighted by Crippen LogP contribution is 2.25. The number of benzene rings is 2. The minimum absolute atomic E-state index is 0.00280. The molecule has 1 amide bonds. The van der Waals surface area contributed by atoms with Gasteiger partial charge in [-0.05, 0) is 36.2 Å². The largest absolute Gasteiger partial charge is 0.398 e. The number of hydrogen-bond acceptors (Lipinski definition) is 5. The summed E-state index contributed by atoms with van der Waals surface area (Å²) in [5, 5.41) is 0. The number of amides is 1. The highest BCUT2D eigenvalue weighted by molar-refractivity contribution is 5.94. The minimum atomic E-state index is -0.140. The van der Waals surface area contributed by atoms with Crippen molar-refractivity contribution in [2.24, 2.45) is 7.05 Å². The summed E-state index contributed by atoms with van der Waals surface area (Å²) >= 11 is 0. The third-order valence-electron chi connectivity index (χ3n) is 5.66. The zero-order valence-electron chi connectivity index (χ0n) is 17.8. The number of morpholine rings is 1. The van der Waals surface area contributed by atoms with Gasteiger partial charge in [0.15, 0.2) is 0 Å². The molecule has 4 rings (SSSR count). The van der Waals surface area contributed by atoms with Gasteiger partial charge in [0.25, 0.3) is 11.5 Å². The van der Waals surface area contributed by atoms with Crippen molar-refractivity contribution in [2.45, 2.75) is 13.3 Å². The number of nitrogens with two attached hydrogens (primary N) is 1. The third-order valence-corrected chi connectivity index (χ3v) is 5.66. The first-order valence-electron chi connectivity index (χ1n) is 10.3. The number of carbonyl (C=O) groups excluding carboxylic acids is 1. The van der Waals surface area contributed by atoms with Gasteiger partial charge in [-0.2, -0.15) is 0 Å². The second-order valence-corrected chi connectivity index (χ2v) is 7.79. The summed E-state index contributed by atoms with van der Waals surface area (Å²) < 4.78 is 6.86. The lowest BCUT2D eigenvalue weighted by molar-refractivity contribution is 0.0303. The van der Waals surface area contributed by atoms with Gasteiger partial charge in [-0.1, -0.05) is 24.3 Å². The molecule has 3 aromatic rings. The number of carbonyl (C=O) groups is 1. The van der Waals surface area contributed by atoms with E-state index in [1.165, 1.54) is 0 Å². The Morgan fingerprint density at radius 1 is 1.13 bits per heavy atom. The third kappa shape index (κ3) is 4.36. The number of aryl methyl sites for hydroxylation is 1. The van der Waals surface area contributed by atoms with Crippen LogP contribution >= 0.6 is 0 Å². The highest BCUT2D eigenvalue weighted by atomic mass is 16.5. The smallest absolute Gasteiger partial charge is 0.272 e. The molecular weight excluding hydrogens is 392 g/mol. The molecule has 160 valence electrons. The Morgan fingerprint density at radius 2 is 1.84 bits per heavy atom. The van der Waals surface area contributed by atoms with Gasteiger partial charge < -0.3 is 19.9 Å². The molecule has 7 nitrogen and oxygen atoms in total. The Hall–Kier alpha value is -3.45. The minimum Gasteiger partial charge on any atom is -0.398 e. The van der Waals surface area contributed by atoms with Crippen molar-refractivity contribution in [1.29, 1.82) is 0 Å². The van der Waals surface area contributed by atoms with E-state index in [-0.39, 0.29) is 11.5 Å². The Balaban J connectivity index is 1.59. The molecule has 1 aliphatic heterocycles. The molecule has 0 saturated carbocycles. The monoisotopic (exact) mass is 418 g/mol. The van der Waals surface area contributed by atoms with E-state index in [0.29, 0.717) is 55.4 Å². The van der Waals surface area contributed by atoms with Crippen LogP contribution in [0.15, 0.2) is 53.5 Å². The molecule has 0 bridgehead atoms. The van der Waals surface area contributed by atoms with Crippen molar-refractivity contribution in [3.05, 3.63) is 81.4 Å². The topological polar surface area (TPSA) is 90.5 Å². The highest BCUT2D eigenvalue weighted by Gasteiger charge is 2.18. The fourth-order valence-electron chi connectivity index (χ4n) is 3.75. The normalized spacial score (nSPS) is 13.9. The number of hydrogen-bond donors (Lipinski definition) is 1. The predicted octanol–water partition coefficient (Wildman–Crippen LogP) is 2.40. The van der Waals surface area contributed by atoms with Crippen molar-refractivity contribution in [3.63, 3.8) is 0 Å². The number of rotatable bonds is 4. The fraction of sp³-hybridized carbons (Fsp3) is 0.292. The first-order valence-corrected chi connectivity index (χ1v) is 10.3. The van der Waals surface area contributed by atoms with Gasteiger partial charge in [0.2, 0.25) is 0 Å². The van der Waals surface area contributed by atoms with Crippen LogP contribution in [0.4, 0.5) is 5.69 Å². The maximum absolute atomic E-state index is 12.7. The molecular formula is C24H26N4O3. The van der Waals surface area contributed by atoms with E-state index in [2.05, 4.69) is 4.98 Å². The number of ether oxygens (including phenoxy) is 1. The first kappa shape index (κ1) is 20.8. The molecule has 0 aliphatic carbocycles. The van der Waals surface area contributed by atoms with Crippen molar-refractivity contribution < 1.29 is 9.53 Å². The van der Waals surface area contributed by atoms with Crippen LogP contribution < -0.4 is 11.3 Å². The van der Waals surface area contributed by atoms with Crippen molar-refractivity contribution in [3.8, 4) is 11.3 Å². The number of nitrogens with zero attached hydrogens (tertiary/aromatic N) is 3. The summed E-state index contributed by atoms with van der Waals surface area (Å²) in [5.41, 5.74) is 11.2. The quantitative estimate of drug-likeness (QED) is 0.657. The van der Waals surface area contributed by atoms with Crippen LogP contribution in [0.25, 0.3) is 11.3 Å². The Bertz CT molecular complexity index is 1160. The summed E-state index contributed by atoms with van der Waals surface area (Å²) in [6, 6.07) is 13.1. The molecule has 1 aromatic heterocycles. The van der Waals surface area contributed by atoms with Crippen LogP contribution in [0.5, 0.6) is 0 Å². The Morgan fingerprint density at radius 3 is 2.55 bits per heavy atom. The number of nitrogen functional groups attached to an aromatic ring is 1. The van der Waals surface area contributed by atoms with Gasteiger partial charge in [-0.3, -0.25) is 9.59 Å². The maximum Gasteiger partial charge on any atom is 0.272 e. The standard InChI is InChI=1S/C24H26N4O3/c1-16-19(4-3-5-20(16)25)22-15-27(2)24(30)21(26-22)14-17-6-8-18(9-7-17)23(29)28-10-12-31-13-11-28/h3-9,15H,10-14,25H2,1-2H3. The lowest BCUT2D eigenvalue weighted by Crippen LogP contribution is -2.40. The SMILES string of the molecule is Cc1c(N)cccc1-c1cn(C)c(=O)c(Cc2ccc(C(=O)N3CCOCC3)cc2)n1. The van der Waals surface area contributed by atoms with Crippen LogP contribution in [-0.4, -0.2) is 46.7 Å². The molecule has 31 heavy (non-hydrogen) atoms. The average molecular weight is 418 g/mol. The van der Waals surface area contributed by atoms with Crippen LogP contribution in [-0.2, 0) is 18.2 Å². The molecule has 0 radical (unpaired) electrons. The molecule has 7 heteroatoms. The maximum atomic E-state index is 12.7. The van der Waals surface area contributed by atoms with E-state index in [9.17, 15) is 9.59 Å².